The van der Waals surface area contributed by atoms with Crippen LogP contribution in [0.5, 0.6) is 0 Å². The molecule has 12 heavy (non-hydrogen) atoms. The molecule has 0 heterocycles. The van der Waals surface area contributed by atoms with Crippen molar-refractivity contribution in [2.24, 2.45) is 0 Å². The van der Waals surface area contributed by atoms with E-state index in [1.54, 1.807) is 0 Å². The van der Waals surface area contributed by atoms with Gasteiger partial charge in [-0.05, 0) is 36.1 Å². The lowest BCUT2D eigenvalue weighted by Gasteiger charge is -2.03. The molecule has 64 valence electrons. The van der Waals surface area contributed by atoms with Gasteiger partial charge in [0.05, 0.1) is 6.10 Å². The number of aryl methyl sites for hydroxylation is 1. The molecule has 1 aromatic rings. The van der Waals surface area contributed by atoms with Crippen molar-refractivity contribution in [3.05, 3.63) is 34.9 Å². The smallest absolute Gasteiger partial charge is 0.159 e. The average molecular weight is 170 g/mol. The molecule has 0 fully saturated rings. The van der Waals surface area contributed by atoms with Crippen molar-refractivity contribution in [2.75, 3.05) is 0 Å². The molecule has 1 aliphatic carbocycles. The zero-order valence-electron chi connectivity index (χ0n) is 6.35. The summed E-state index contributed by atoms with van der Waals surface area (Å²) >= 11 is 0. The first-order valence-corrected chi connectivity index (χ1v) is 3.84. The largest absolute Gasteiger partial charge is 0.388 e. The minimum absolute atomic E-state index is 0.536. The Morgan fingerprint density at radius 2 is 1.92 bits per heavy atom. The van der Waals surface area contributed by atoms with Crippen molar-refractivity contribution >= 4 is 0 Å². The van der Waals surface area contributed by atoms with Crippen LogP contribution in [0.4, 0.5) is 8.78 Å². The molecule has 0 bridgehead atoms. The molecule has 0 saturated heterocycles. The Morgan fingerprint density at radius 3 is 2.67 bits per heavy atom. The second kappa shape index (κ2) is 2.52. The van der Waals surface area contributed by atoms with Gasteiger partial charge in [0, 0.05) is 0 Å². The second-order valence-corrected chi connectivity index (χ2v) is 3.02. The lowest BCUT2D eigenvalue weighted by atomic mass is 10.1. The van der Waals surface area contributed by atoms with E-state index in [2.05, 4.69) is 0 Å². The molecule has 0 aliphatic heterocycles. The van der Waals surface area contributed by atoms with E-state index in [1.807, 2.05) is 0 Å². The molecule has 0 spiro atoms. The number of halogens is 2. The molecule has 1 N–H and O–H groups in total. The Bertz CT molecular complexity index is 323. The maximum Gasteiger partial charge on any atom is 0.159 e. The van der Waals surface area contributed by atoms with Crippen LogP contribution in [0.1, 0.15) is 23.7 Å². The van der Waals surface area contributed by atoms with E-state index in [0.29, 0.717) is 18.4 Å². The van der Waals surface area contributed by atoms with Gasteiger partial charge in [0.2, 0.25) is 0 Å². The normalized spacial score (nSPS) is 21.1. The monoisotopic (exact) mass is 170 g/mol. The van der Waals surface area contributed by atoms with E-state index in [0.717, 1.165) is 11.6 Å². The van der Waals surface area contributed by atoms with Crippen molar-refractivity contribution in [1.82, 2.24) is 0 Å². The maximum absolute atomic E-state index is 12.7. The van der Waals surface area contributed by atoms with Gasteiger partial charge in [0.1, 0.15) is 0 Å². The summed E-state index contributed by atoms with van der Waals surface area (Å²) in [4.78, 5) is 0. The van der Waals surface area contributed by atoms with Crippen LogP contribution in [0, 0.1) is 11.6 Å². The summed E-state index contributed by atoms with van der Waals surface area (Å²) in [6, 6.07) is 2.25. The zero-order valence-corrected chi connectivity index (χ0v) is 6.35. The number of benzene rings is 1. The first-order chi connectivity index (χ1) is 5.68. The van der Waals surface area contributed by atoms with Crippen molar-refractivity contribution in [1.29, 1.82) is 0 Å². The van der Waals surface area contributed by atoms with Crippen LogP contribution in [-0.2, 0) is 6.42 Å². The number of fused-ring (bicyclic) bond motifs is 1. The van der Waals surface area contributed by atoms with Crippen LogP contribution in [0.15, 0.2) is 12.1 Å². The van der Waals surface area contributed by atoms with Crippen molar-refractivity contribution < 1.29 is 13.9 Å². The van der Waals surface area contributed by atoms with Crippen LogP contribution in [-0.4, -0.2) is 5.11 Å². The van der Waals surface area contributed by atoms with Gasteiger partial charge in [-0.15, -0.1) is 0 Å². The van der Waals surface area contributed by atoms with E-state index in [9.17, 15) is 13.9 Å². The van der Waals surface area contributed by atoms with Crippen LogP contribution in [0.3, 0.4) is 0 Å². The third-order valence-corrected chi connectivity index (χ3v) is 2.23. The van der Waals surface area contributed by atoms with Gasteiger partial charge in [-0.2, -0.15) is 0 Å². The predicted molar refractivity (Wildman–Crippen MR) is 39.6 cm³/mol. The highest BCUT2D eigenvalue weighted by molar-refractivity contribution is 5.34. The highest BCUT2D eigenvalue weighted by Crippen LogP contribution is 2.32. The lowest BCUT2D eigenvalue weighted by Crippen LogP contribution is -1.93. The first kappa shape index (κ1) is 7.68. The molecule has 1 aromatic carbocycles. The van der Waals surface area contributed by atoms with Gasteiger partial charge < -0.3 is 5.11 Å². The topological polar surface area (TPSA) is 20.2 Å². The van der Waals surface area contributed by atoms with E-state index < -0.39 is 17.7 Å². The Labute approximate surface area is 68.6 Å². The Morgan fingerprint density at radius 1 is 1.25 bits per heavy atom. The van der Waals surface area contributed by atoms with E-state index in [-0.39, 0.29) is 0 Å². The molecule has 3 heteroatoms. The number of aliphatic hydroxyl groups is 1. The van der Waals surface area contributed by atoms with Gasteiger partial charge in [0.25, 0.3) is 0 Å². The summed E-state index contributed by atoms with van der Waals surface area (Å²) in [5.74, 6) is -1.71. The minimum atomic E-state index is -0.880. The standard InChI is InChI=1S/C9H8F2O/c10-7-3-5-1-2-9(12)6(5)4-8(7)11/h3-4,9,12H,1-2H2/t9-/m0/s1. The van der Waals surface area contributed by atoms with Crippen molar-refractivity contribution in [3.63, 3.8) is 0 Å². The fraction of sp³-hybridized carbons (Fsp3) is 0.333. The first-order valence-electron chi connectivity index (χ1n) is 3.84. The summed E-state index contributed by atoms with van der Waals surface area (Å²) in [6.45, 7) is 0. The SMILES string of the molecule is O[C@H]1CCc2cc(F)c(F)cc21. The predicted octanol–water partition coefficient (Wildman–Crippen LogP) is 1.94. The van der Waals surface area contributed by atoms with Gasteiger partial charge in [-0.3, -0.25) is 0 Å². The van der Waals surface area contributed by atoms with Crippen molar-refractivity contribution in [3.8, 4) is 0 Å². The molecule has 0 amide bonds. The molecule has 0 unspecified atom stereocenters. The van der Waals surface area contributed by atoms with Gasteiger partial charge in [-0.25, -0.2) is 8.78 Å². The molecule has 0 aromatic heterocycles. The lowest BCUT2D eigenvalue weighted by molar-refractivity contribution is 0.179. The maximum atomic E-state index is 12.7. The average Bonchev–Trinajstić information content (AvgIpc) is 2.35. The van der Waals surface area contributed by atoms with Gasteiger partial charge in [0.15, 0.2) is 11.6 Å². The Kier molecular flexibility index (Phi) is 1.61. The summed E-state index contributed by atoms with van der Waals surface area (Å²) in [7, 11) is 0. The Balaban J connectivity index is 2.56. The third kappa shape index (κ3) is 1.01. The van der Waals surface area contributed by atoms with Crippen LogP contribution in [0.2, 0.25) is 0 Å². The molecule has 2 rings (SSSR count). The second-order valence-electron chi connectivity index (χ2n) is 3.02. The molecule has 0 radical (unpaired) electrons. The van der Waals surface area contributed by atoms with Crippen LogP contribution < -0.4 is 0 Å². The fourth-order valence-electron chi connectivity index (χ4n) is 1.58. The molecular weight excluding hydrogens is 162 g/mol. The number of rotatable bonds is 0. The summed E-state index contributed by atoms with van der Waals surface area (Å²) in [6.07, 6.45) is 0.585. The highest BCUT2D eigenvalue weighted by atomic mass is 19.2. The van der Waals surface area contributed by atoms with E-state index in [1.165, 1.54) is 6.07 Å². The van der Waals surface area contributed by atoms with Gasteiger partial charge >= 0.3 is 0 Å². The van der Waals surface area contributed by atoms with E-state index >= 15 is 0 Å². The van der Waals surface area contributed by atoms with Crippen LogP contribution >= 0.6 is 0 Å². The summed E-state index contributed by atoms with van der Waals surface area (Å²) in [5.41, 5.74) is 1.26. The zero-order chi connectivity index (χ0) is 8.72. The van der Waals surface area contributed by atoms with Crippen molar-refractivity contribution in [2.45, 2.75) is 18.9 Å². The van der Waals surface area contributed by atoms with E-state index in [4.69, 9.17) is 0 Å². The quantitative estimate of drug-likeness (QED) is 0.630. The highest BCUT2D eigenvalue weighted by Gasteiger charge is 2.22. The molecule has 1 nitrogen and oxygen atoms in total. The molecule has 1 atom stereocenters. The molecular formula is C9H8F2O. The number of aliphatic hydroxyl groups excluding tert-OH is 1. The Hall–Kier alpha value is -0.960. The minimum Gasteiger partial charge on any atom is -0.388 e. The third-order valence-electron chi connectivity index (χ3n) is 2.23. The summed E-state index contributed by atoms with van der Waals surface area (Å²) in [5, 5.41) is 9.31. The summed E-state index contributed by atoms with van der Waals surface area (Å²) < 4.78 is 25.3. The number of hydrogen-bond donors (Lipinski definition) is 1. The van der Waals surface area contributed by atoms with Gasteiger partial charge in [-0.1, -0.05) is 0 Å². The van der Waals surface area contributed by atoms with Crippen LogP contribution in [0.25, 0.3) is 0 Å². The number of hydrogen-bond acceptors (Lipinski definition) is 1. The fourth-order valence-corrected chi connectivity index (χ4v) is 1.58. The molecule has 0 saturated carbocycles. The molecule has 1 aliphatic rings.